The number of nitrogens with two attached hydrogens (primary N) is 1. The van der Waals surface area contributed by atoms with Crippen LogP contribution in [0.2, 0.25) is 0 Å². The molecule has 0 aliphatic carbocycles. The number of hydrogen-bond acceptors (Lipinski definition) is 5. The van der Waals surface area contributed by atoms with Crippen molar-refractivity contribution < 1.29 is 8.42 Å². The van der Waals surface area contributed by atoms with E-state index in [0.717, 1.165) is 36.6 Å². The summed E-state index contributed by atoms with van der Waals surface area (Å²) in [5, 5.41) is 13.2. The summed E-state index contributed by atoms with van der Waals surface area (Å²) in [7, 11) is -3.77. The van der Waals surface area contributed by atoms with Crippen LogP contribution < -0.4 is 10.5 Å². The number of benzene rings is 1. The molecule has 2 unspecified atom stereocenters. The zero-order valence-electron chi connectivity index (χ0n) is 13.5. The van der Waals surface area contributed by atoms with Gasteiger partial charge in [0.2, 0.25) is 10.0 Å². The molecule has 2 atom stereocenters. The molecule has 3 rings (SSSR count). The summed E-state index contributed by atoms with van der Waals surface area (Å²) >= 11 is 3.24. The van der Waals surface area contributed by atoms with Crippen molar-refractivity contribution in [2.24, 2.45) is 5.14 Å². The Balaban J connectivity index is 1.85. The molecule has 1 aliphatic rings. The van der Waals surface area contributed by atoms with Crippen LogP contribution in [0.4, 0.5) is 0 Å². The molecule has 0 spiro atoms. The SMILES string of the molecule is Cc1nc2n(n1)CCCC2NC(C)c1ccc(Br)c(S(N)(=O)=O)c1. The van der Waals surface area contributed by atoms with Gasteiger partial charge in [-0.05, 0) is 60.3 Å². The summed E-state index contributed by atoms with van der Waals surface area (Å²) < 4.78 is 25.8. The van der Waals surface area contributed by atoms with Crippen molar-refractivity contribution in [1.82, 2.24) is 20.1 Å². The van der Waals surface area contributed by atoms with E-state index in [2.05, 4.69) is 31.3 Å². The Hall–Kier alpha value is -1.29. The quantitative estimate of drug-likeness (QED) is 0.799. The lowest BCUT2D eigenvalue weighted by atomic mass is 10.0. The van der Waals surface area contributed by atoms with Gasteiger partial charge in [0.25, 0.3) is 0 Å². The number of aromatic nitrogens is 3. The van der Waals surface area contributed by atoms with E-state index >= 15 is 0 Å². The van der Waals surface area contributed by atoms with E-state index in [-0.39, 0.29) is 17.0 Å². The number of sulfonamides is 1. The molecule has 24 heavy (non-hydrogen) atoms. The van der Waals surface area contributed by atoms with E-state index in [4.69, 9.17) is 5.14 Å². The first kappa shape index (κ1) is 17.5. The molecule has 0 bridgehead atoms. The van der Waals surface area contributed by atoms with Crippen molar-refractivity contribution in [2.45, 2.75) is 50.2 Å². The van der Waals surface area contributed by atoms with Gasteiger partial charge in [0.1, 0.15) is 11.6 Å². The van der Waals surface area contributed by atoms with Gasteiger partial charge in [0.15, 0.2) is 0 Å². The lowest BCUT2D eigenvalue weighted by Gasteiger charge is -2.27. The Morgan fingerprint density at radius 2 is 2.21 bits per heavy atom. The fraction of sp³-hybridized carbons (Fsp3) is 0.467. The standard InChI is InChI=1S/C15H20BrN5O2S/c1-9(11-5-6-12(16)14(8-11)24(17,22)23)18-13-4-3-7-21-15(13)19-10(2)20-21/h5-6,8-9,13,18H,3-4,7H2,1-2H3,(H2,17,22,23). The molecule has 130 valence electrons. The van der Waals surface area contributed by atoms with E-state index in [0.29, 0.717) is 4.47 Å². The minimum absolute atomic E-state index is 0.0489. The van der Waals surface area contributed by atoms with E-state index in [1.54, 1.807) is 12.1 Å². The highest BCUT2D eigenvalue weighted by Gasteiger charge is 2.25. The molecule has 2 heterocycles. The Labute approximate surface area is 149 Å². The molecule has 2 aromatic rings. The lowest BCUT2D eigenvalue weighted by Crippen LogP contribution is -2.30. The van der Waals surface area contributed by atoms with Gasteiger partial charge < -0.3 is 5.32 Å². The number of hydrogen-bond donors (Lipinski definition) is 2. The van der Waals surface area contributed by atoms with Crippen molar-refractivity contribution >= 4 is 26.0 Å². The monoisotopic (exact) mass is 413 g/mol. The third-order valence-electron chi connectivity index (χ3n) is 4.19. The number of fused-ring (bicyclic) bond motifs is 1. The first-order chi connectivity index (χ1) is 11.3. The molecule has 0 saturated heterocycles. The predicted molar refractivity (Wildman–Crippen MR) is 93.8 cm³/mol. The molecule has 0 saturated carbocycles. The van der Waals surface area contributed by atoms with Gasteiger partial charge in [-0.2, -0.15) is 5.10 Å². The molecule has 7 nitrogen and oxygen atoms in total. The van der Waals surface area contributed by atoms with Gasteiger partial charge in [0, 0.05) is 17.1 Å². The number of rotatable bonds is 4. The van der Waals surface area contributed by atoms with E-state index in [1.165, 1.54) is 0 Å². The third-order valence-corrected chi connectivity index (χ3v) is 6.10. The fourth-order valence-corrected chi connectivity index (χ4v) is 4.60. The van der Waals surface area contributed by atoms with Crippen molar-refractivity contribution in [1.29, 1.82) is 0 Å². The fourth-order valence-electron chi connectivity index (χ4n) is 3.03. The average Bonchev–Trinajstić information content (AvgIpc) is 2.87. The molecule has 0 radical (unpaired) electrons. The molecule has 1 aromatic carbocycles. The maximum Gasteiger partial charge on any atom is 0.239 e. The van der Waals surface area contributed by atoms with Crippen LogP contribution in [0.25, 0.3) is 0 Å². The maximum atomic E-state index is 11.7. The second-order valence-corrected chi connectivity index (χ2v) is 8.44. The smallest absolute Gasteiger partial charge is 0.239 e. The zero-order chi connectivity index (χ0) is 17.5. The summed E-state index contributed by atoms with van der Waals surface area (Å²) in [6, 6.07) is 5.25. The molecule has 0 fully saturated rings. The lowest BCUT2D eigenvalue weighted by molar-refractivity contribution is 0.344. The van der Waals surface area contributed by atoms with Crippen LogP contribution in [0.1, 0.15) is 49.1 Å². The van der Waals surface area contributed by atoms with Crippen LogP contribution in [0.15, 0.2) is 27.6 Å². The third kappa shape index (κ3) is 3.53. The minimum atomic E-state index is -3.77. The van der Waals surface area contributed by atoms with Gasteiger partial charge in [-0.15, -0.1) is 0 Å². The van der Waals surface area contributed by atoms with Crippen LogP contribution in [0.5, 0.6) is 0 Å². The number of aryl methyl sites for hydroxylation is 2. The molecule has 3 N–H and O–H groups in total. The van der Waals surface area contributed by atoms with Gasteiger partial charge in [-0.3, -0.25) is 0 Å². The second-order valence-electron chi connectivity index (χ2n) is 6.06. The predicted octanol–water partition coefficient (Wildman–Crippen LogP) is 2.18. The van der Waals surface area contributed by atoms with Crippen molar-refractivity contribution in [3.05, 3.63) is 39.9 Å². The topological polar surface area (TPSA) is 103 Å². The van der Waals surface area contributed by atoms with Gasteiger partial charge in [-0.1, -0.05) is 6.07 Å². The summed E-state index contributed by atoms with van der Waals surface area (Å²) in [6.07, 6.45) is 2.00. The summed E-state index contributed by atoms with van der Waals surface area (Å²) in [6.45, 7) is 4.77. The Morgan fingerprint density at radius 1 is 1.46 bits per heavy atom. The van der Waals surface area contributed by atoms with E-state index in [9.17, 15) is 8.42 Å². The van der Waals surface area contributed by atoms with Crippen LogP contribution in [-0.2, 0) is 16.6 Å². The Kier molecular flexibility index (Phi) is 4.78. The highest BCUT2D eigenvalue weighted by molar-refractivity contribution is 9.10. The second kappa shape index (κ2) is 6.55. The number of halogens is 1. The van der Waals surface area contributed by atoms with Crippen molar-refractivity contribution in [3.63, 3.8) is 0 Å². The van der Waals surface area contributed by atoms with Gasteiger partial charge in [-0.25, -0.2) is 23.2 Å². The van der Waals surface area contributed by atoms with Gasteiger partial charge >= 0.3 is 0 Å². The minimum Gasteiger partial charge on any atom is -0.301 e. The van der Waals surface area contributed by atoms with E-state index in [1.807, 2.05) is 24.6 Å². The average molecular weight is 414 g/mol. The van der Waals surface area contributed by atoms with Crippen molar-refractivity contribution in [3.8, 4) is 0 Å². The highest BCUT2D eigenvalue weighted by atomic mass is 79.9. The summed E-state index contributed by atoms with van der Waals surface area (Å²) in [5.41, 5.74) is 0.857. The first-order valence-electron chi connectivity index (χ1n) is 7.75. The molecule has 9 heteroatoms. The highest BCUT2D eigenvalue weighted by Crippen LogP contribution is 2.29. The largest absolute Gasteiger partial charge is 0.301 e. The van der Waals surface area contributed by atoms with Gasteiger partial charge in [0.05, 0.1) is 10.9 Å². The number of nitrogens with zero attached hydrogens (tertiary/aromatic N) is 3. The van der Waals surface area contributed by atoms with Crippen LogP contribution in [0, 0.1) is 6.92 Å². The van der Waals surface area contributed by atoms with E-state index < -0.39 is 10.0 Å². The Bertz CT molecular complexity index is 865. The normalized spacial score (nSPS) is 19.1. The number of primary sulfonamides is 1. The molecule has 1 aliphatic heterocycles. The maximum absolute atomic E-state index is 11.7. The zero-order valence-corrected chi connectivity index (χ0v) is 15.9. The summed E-state index contributed by atoms with van der Waals surface area (Å²) in [4.78, 5) is 4.61. The summed E-state index contributed by atoms with van der Waals surface area (Å²) in [5.74, 6) is 1.71. The van der Waals surface area contributed by atoms with Crippen LogP contribution >= 0.6 is 15.9 Å². The molecular weight excluding hydrogens is 394 g/mol. The Morgan fingerprint density at radius 3 is 2.92 bits per heavy atom. The number of nitrogens with one attached hydrogen (secondary N) is 1. The van der Waals surface area contributed by atoms with Crippen LogP contribution in [-0.4, -0.2) is 23.2 Å². The molecule has 0 amide bonds. The van der Waals surface area contributed by atoms with Crippen molar-refractivity contribution in [2.75, 3.05) is 0 Å². The molecular formula is C15H20BrN5O2S. The molecule has 1 aromatic heterocycles. The first-order valence-corrected chi connectivity index (χ1v) is 10.1. The van der Waals surface area contributed by atoms with Crippen LogP contribution in [0.3, 0.4) is 0 Å².